The summed E-state index contributed by atoms with van der Waals surface area (Å²) in [5, 5.41) is 2.43. The van der Waals surface area contributed by atoms with Gasteiger partial charge in [-0.25, -0.2) is 4.98 Å². The van der Waals surface area contributed by atoms with E-state index in [1.165, 1.54) is 21.9 Å². The van der Waals surface area contributed by atoms with Crippen LogP contribution in [0, 0.1) is 0 Å². The summed E-state index contributed by atoms with van der Waals surface area (Å²) in [7, 11) is 0. The van der Waals surface area contributed by atoms with Crippen LogP contribution >= 0.6 is 15.9 Å². The Morgan fingerprint density at radius 2 is 1.22 bits per heavy atom. The monoisotopic (exact) mass is 539 g/mol. The molecule has 0 radical (unpaired) electrons. The topological polar surface area (TPSA) is 33.6 Å². The number of nitrogens with zero attached hydrogens (tertiary/aromatic N) is 2. The van der Waals surface area contributed by atoms with Crippen molar-refractivity contribution in [2.45, 2.75) is 0 Å². The highest BCUT2D eigenvalue weighted by atomic mass is 79.9. The number of H-pyrrole nitrogens is 1. The van der Waals surface area contributed by atoms with Crippen LogP contribution in [-0.2, 0) is 0 Å². The molecular formula is C33H22BrN3. The quantitative estimate of drug-likeness (QED) is 0.237. The van der Waals surface area contributed by atoms with Crippen LogP contribution in [0.25, 0.3) is 61.3 Å². The van der Waals surface area contributed by atoms with E-state index in [1.54, 1.807) is 0 Å². The Morgan fingerprint density at radius 3 is 1.92 bits per heavy atom. The van der Waals surface area contributed by atoms with Gasteiger partial charge in [0, 0.05) is 38.3 Å². The van der Waals surface area contributed by atoms with Gasteiger partial charge in [0.1, 0.15) is 5.65 Å². The zero-order valence-electron chi connectivity index (χ0n) is 19.9. The lowest BCUT2D eigenvalue weighted by atomic mass is 10.00. The molecule has 1 N–H and O–H groups in total. The molecule has 0 aliphatic rings. The fourth-order valence-corrected chi connectivity index (χ4v) is 5.45. The van der Waals surface area contributed by atoms with Crippen LogP contribution in [0.1, 0.15) is 0 Å². The first-order chi connectivity index (χ1) is 18.2. The lowest BCUT2D eigenvalue weighted by Gasteiger charge is -2.12. The van der Waals surface area contributed by atoms with E-state index in [4.69, 9.17) is 4.98 Å². The van der Waals surface area contributed by atoms with Gasteiger partial charge in [0.25, 0.3) is 0 Å². The molecule has 3 nitrogen and oxygen atoms in total. The number of fused-ring (bicyclic) bond motifs is 3. The Labute approximate surface area is 223 Å². The van der Waals surface area contributed by atoms with Crippen LogP contribution in [0.3, 0.4) is 0 Å². The molecule has 176 valence electrons. The summed E-state index contributed by atoms with van der Waals surface area (Å²) in [6.45, 7) is 0. The fourth-order valence-electron chi connectivity index (χ4n) is 5.08. The predicted molar refractivity (Wildman–Crippen MR) is 157 cm³/mol. The average molecular weight is 540 g/mol. The van der Waals surface area contributed by atoms with Gasteiger partial charge in [0.2, 0.25) is 0 Å². The fraction of sp³-hybridized carbons (Fsp3) is 0. The third kappa shape index (κ3) is 3.87. The van der Waals surface area contributed by atoms with E-state index in [0.717, 1.165) is 43.9 Å². The van der Waals surface area contributed by atoms with Crippen molar-refractivity contribution in [2.24, 2.45) is 0 Å². The second-order valence-electron chi connectivity index (χ2n) is 9.14. The summed E-state index contributed by atoms with van der Waals surface area (Å²) >= 11 is 3.63. The number of aromatic amines is 1. The van der Waals surface area contributed by atoms with E-state index in [9.17, 15) is 0 Å². The highest BCUT2D eigenvalue weighted by Crippen LogP contribution is 2.34. The van der Waals surface area contributed by atoms with Gasteiger partial charge in [-0.1, -0.05) is 88.7 Å². The molecule has 0 saturated heterocycles. The largest absolute Gasteiger partial charge is 0.347 e. The summed E-state index contributed by atoms with van der Waals surface area (Å²) < 4.78 is 3.36. The lowest BCUT2D eigenvalue weighted by Crippen LogP contribution is -1.95. The van der Waals surface area contributed by atoms with Crippen molar-refractivity contribution in [1.82, 2.24) is 14.5 Å². The van der Waals surface area contributed by atoms with Gasteiger partial charge in [0.05, 0.1) is 16.9 Å². The van der Waals surface area contributed by atoms with Crippen LogP contribution in [0.15, 0.2) is 132 Å². The third-order valence-electron chi connectivity index (χ3n) is 6.86. The molecule has 4 aromatic carbocycles. The number of rotatable bonds is 4. The van der Waals surface area contributed by atoms with Crippen molar-refractivity contribution in [1.29, 1.82) is 0 Å². The molecule has 0 aliphatic heterocycles. The molecule has 0 aliphatic carbocycles. The minimum atomic E-state index is 0.957. The van der Waals surface area contributed by atoms with E-state index in [1.807, 2.05) is 18.3 Å². The number of benzene rings is 4. The standard InChI is InChI=1S/C33H22BrN3/c34-26-13-16-32-29(21-26)28-17-18-35-33(28)37(32)27-14-11-24(12-15-27)31-20-25(22-7-3-1-4-8-22)19-30(36-31)23-9-5-2-6-10-23/h1-21,35H. The zero-order chi connectivity index (χ0) is 24.8. The number of halogens is 1. The summed E-state index contributed by atoms with van der Waals surface area (Å²) in [5.74, 6) is 0. The van der Waals surface area contributed by atoms with Gasteiger partial charge >= 0.3 is 0 Å². The van der Waals surface area contributed by atoms with Crippen LogP contribution < -0.4 is 0 Å². The van der Waals surface area contributed by atoms with Crippen molar-refractivity contribution in [3.8, 4) is 39.3 Å². The van der Waals surface area contributed by atoms with Crippen molar-refractivity contribution < 1.29 is 0 Å². The molecule has 7 rings (SSSR count). The second kappa shape index (κ2) is 8.91. The Bertz CT molecular complexity index is 1810. The van der Waals surface area contributed by atoms with Gasteiger partial charge in [0.15, 0.2) is 0 Å². The van der Waals surface area contributed by atoms with Crippen LogP contribution in [0.2, 0.25) is 0 Å². The molecule has 0 spiro atoms. The highest BCUT2D eigenvalue weighted by Gasteiger charge is 2.14. The van der Waals surface area contributed by atoms with Crippen LogP contribution in [-0.4, -0.2) is 14.5 Å². The maximum absolute atomic E-state index is 5.07. The van der Waals surface area contributed by atoms with Gasteiger partial charge in [-0.3, -0.25) is 4.57 Å². The van der Waals surface area contributed by atoms with E-state index in [-0.39, 0.29) is 0 Å². The highest BCUT2D eigenvalue weighted by molar-refractivity contribution is 9.10. The summed E-state index contributed by atoms with van der Waals surface area (Å²) in [6, 6.07) is 42.5. The van der Waals surface area contributed by atoms with Crippen LogP contribution in [0.4, 0.5) is 0 Å². The maximum atomic E-state index is 5.07. The minimum Gasteiger partial charge on any atom is -0.347 e. The van der Waals surface area contributed by atoms with Crippen molar-refractivity contribution in [3.63, 3.8) is 0 Å². The lowest BCUT2D eigenvalue weighted by molar-refractivity contribution is 1.14. The maximum Gasteiger partial charge on any atom is 0.123 e. The molecule has 3 heterocycles. The Hall–Kier alpha value is -4.41. The summed E-state index contributed by atoms with van der Waals surface area (Å²) in [6.07, 6.45) is 2.00. The van der Waals surface area contributed by atoms with Gasteiger partial charge in [-0.2, -0.15) is 0 Å². The Balaban J connectivity index is 1.36. The molecule has 0 unspecified atom stereocenters. The van der Waals surface area contributed by atoms with Crippen LogP contribution in [0.5, 0.6) is 0 Å². The van der Waals surface area contributed by atoms with E-state index >= 15 is 0 Å². The second-order valence-corrected chi connectivity index (χ2v) is 10.1. The minimum absolute atomic E-state index is 0.957. The zero-order valence-corrected chi connectivity index (χ0v) is 21.5. The smallest absolute Gasteiger partial charge is 0.123 e. The number of hydrogen-bond acceptors (Lipinski definition) is 1. The molecule has 0 bridgehead atoms. The Morgan fingerprint density at radius 1 is 0.568 bits per heavy atom. The number of hydrogen-bond donors (Lipinski definition) is 1. The van der Waals surface area contributed by atoms with Gasteiger partial charge in [-0.15, -0.1) is 0 Å². The molecule has 3 aromatic heterocycles. The molecule has 37 heavy (non-hydrogen) atoms. The third-order valence-corrected chi connectivity index (χ3v) is 7.35. The molecule has 0 saturated carbocycles. The van der Waals surface area contributed by atoms with Crippen molar-refractivity contribution >= 4 is 37.9 Å². The molecule has 0 fully saturated rings. The molecular weight excluding hydrogens is 518 g/mol. The van der Waals surface area contributed by atoms with Gasteiger partial charge in [-0.05, 0) is 59.7 Å². The molecule has 0 atom stereocenters. The summed E-state index contributed by atoms with van der Waals surface area (Å²) in [5.41, 5.74) is 9.83. The van der Waals surface area contributed by atoms with E-state index in [2.05, 4.69) is 135 Å². The van der Waals surface area contributed by atoms with Crippen molar-refractivity contribution in [2.75, 3.05) is 0 Å². The van der Waals surface area contributed by atoms with E-state index < -0.39 is 0 Å². The van der Waals surface area contributed by atoms with Crippen molar-refractivity contribution in [3.05, 3.63) is 132 Å². The first kappa shape index (κ1) is 21.8. The molecule has 4 heteroatoms. The Kier molecular flexibility index (Phi) is 5.26. The molecule has 7 aromatic rings. The normalized spacial score (nSPS) is 11.4. The number of pyridine rings is 1. The molecule has 0 amide bonds. The predicted octanol–water partition coefficient (Wildman–Crippen LogP) is 9.27. The number of aromatic nitrogens is 3. The number of nitrogens with one attached hydrogen (secondary N) is 1. The summed E-state index contributed by atoms with van der Waals surface area (Å²) in [4.78, 5) is 8.50. The first-order valence-corrected chi connectivity index (χ1v) is 13.0. The SMILES string of the molecule is Brc1ccc2c(c1)c1cc[nH]c1n2-c1ccc(-c2cc(-c3ccccc3)cc(-c3ccccc3)n2)cc1. The first-order valence-electron chi connectivity index (χ1n) is 12.3. The van der Waals surface area contributed by atoms with Gasteiger partial charge < -0.3 is 4.98 Å². The van der Waals surface area contributed by atoms with E-state index in [0.29, 0.717) is 0 Å². The average Bonchev–Trinajstić information content (AvgIpc) is 3.55.